The number of carbonyl (C=O) groups is 4. The van der Waals surface area contributed by atoms with E-state index in [0.717, 1.165) is 13.8 Å². The molecule has 1 rings (SSSR count). The van der Waals surface area contributed by atoms with Crippen LogP contribution in [0.5, 0.6) is 0 Å². The molecule has 0 N–H and O–H groups in total. The molecule has 0 saturated carbocycles. The third kappa shape index (κ3) is 5.19. The van der Waals surface area contributed by atoms with E-state index in [9.17, 15) is 19.2 Å². The van der Waals surface area contributed by atoms with Gasteiger partial charge in [0.1, 0.15) is 0 Å². The lowest BCUT2D eigenvalue weighted by atomic mass is 9.95. The van der Waals surface area contributed by atoms with Crippen molar-refractivity contribution in [3.8, 4) is 0 Å². The highest BCUT2D eigenvalue weighted by Crippen LogP contribution is 2.25. The zero-order valence-corrected chi connectivity index (χ0v) is 12.7. The van der Waals surface area contributed by atoms with Gasteiger partial charge >= 0.3 is 23.9 Å². The third-order valence-electron chi connectivity index (χ3n) is 2.67. The number of hydrogen-bond donors (Lipinski definition) is 0. The van der Waals surface area contributed by atoms with Gasteiger partial charge in [-0.2, -0.15) is 0 Å². The Hall–Kier alpha value is -2.38. The summed E-state index contributed by atoms with van der Waals surface area (Å²) in [6, 6.07) is 0. The second-order valence-electron chi connectivity index (χ2n) is 4.68. The Balaban J connectivity index is 3.11. The van der Waals surface area contributed by atoms with Crippen LogP contribution in [0.4, 0.5) is 0 Å². The molecule has 0 saturated heterocycles. The van der Waals surface area contributed by atoms with Crippen molar-refractivity contribution in [1.29, 1.82) is 0 Å². The molecule has 0 aromatic rings. The fourth-order valence-electron chi connectivity index (χ4n) is 2.06. The summed E-state index contributed by atoms with van der Waals surface area (Å²) < 4.78 is 20.3. The lowest BCUT2D eigenvalue weighted by Gasteiger charge is -2.36. The number of esters is 4. The molecule has 0 aromatic carbocycles. The van der Waals surface area contributed by atoms with E-state index in [1.165, 1.54) is 26.0 Å². The highest BCUT2D eigenvalue weighted by molar-refractivity contribution is 5.69. The molecule has 0 heterocycles. The molecule has 8 heteroatoms. The van der Waals surface area contributed by atoms with Crippen molar-refractivity contribution in [3.63, 3.8) is 0 Å². The summed E-state index contributed by atoms with van der Waals surface area (Å²) in [5.74, 6) is -2.51. The fourth-order valence-corrected chi connectivity index (χ4v) is 2.06. The smallest absolute Gasteiger partial charge is 0.303 e. The van der Waals surface area contributed by atoms with Crippen molar-refractivity contribution in [2.24, 2.45) is 0 Å². The van der Waals surface area contributed by atoms with E-state index in [0.29, 0.717) is 0 Å². The number of rotatable bonds is 4. The largest absolute Gasteiger partial charge is 0.454 e. The highest BCUT2D eigenvalue weighted by Gasteiger charge is 2.44. The highest BCUT2D eigenvalue weighted by atomic mass is 16.6. The maximum Gasteiger partial charge on any atom is 0.303 e. The zero-order chi connectivity index (χ0) is 16.9. The van der Waals surface area contributed by atoms with Crippen molar-refractivity contribution < 1.29 is 38.1 Å². The average Bonchev–Trinajstić information content (AvgIpc) is 2.34. The maximum atomic E-state index is 11.3. The molecule has 122 valence electrons. The molecule has 0 radical (unpaired) electrons. The molecule has 0 amide bonds. The van der Waals surface area contributed by atoms with Crippen LogP contribution in [0.2, 0.25) is 0 Å². The summed E-state index contributed by atoms with van der Waals surface area (Å²) in [5, 5.41) is 0. The molecule has 8 nitrogen and oxygen atoms in total. The van der Waals surface area contributed by atoms with Crippen molar-refractivity contribution in [2.75, 3.05) is 0 Å². The topological polar surface area (TPSA) is 105 Å². The van der Waals surface area contributed by atoms with Gasteiger partial charge in [0.2, 0.25) is 0 Å². The summed E-state index contributed by atoms with van der Waals surface area (Å²) >= 11 is 0. The molecule has 1 aliphatic carbocycles. The van der Waals surface area contributed by atoms with Gasteiger partial charge in [0.25, 0.3) is 0 Å². The minimum Gasteiger partial charge on any atom is -0.454 e. The Morgan fingerprint density at radius 1 is 0.591 bits per heavy atom. The Kier molecular flexibility index (Phi) is 6.09. The second kappa shape index (κ2) is 7.58. The van der Waals surface area contributed by atoms with Crippen LogP contribution in [0.15, 0.2) is 12.2 Å². The minimum absolute atomic E-state index is 0.598. The van der Waals surface area contributed by atoms with Crippen LogP contribution in [0.1, 0.15) is 27.7 Å². The van der Waals surface area contributed by atoms with E-state index in [1.54, 1.807) is 0 Å². The second-order valence-corrected chi connectivity index (χ2v) is 4.68. The monoisotopic (exact) mass is 314 g/mol. The van der Waals surface area contributed by atoms with E-state index >= 15 is 0 Å². The fraction of sp³-hybridized carbons (Fsp3) is 0.571. The van der Waals surface area contributed by atoms with Gasteiger partial charge in [0.15, 0.2) is 24.4 Å². The van der Waals surface area contributed by atoms with Crippen LogP contribution >= 0.6 is 0 Å². The summed E-state index contributed by atoms with van der Waals surface area (Å²) in [6.07, 6.45) is -1.28. The van der Waals surface area contributed by atoms with Gasteiger partial charge in [0.05, 0.1) is 0 Å². The van der Waals surface area contributed by atoms with Gasteiger partial charge in [-0.1, -0.05) is 0 Å². The Bertz CT molecular complexity index is 451. The van der Waals surface area contributed by atoms with Crippen LogP contribution in [-0.4, -0.2) is 48.3 Å². The van der Waals surface area contributed by atoms with Gasteiger partial charge < -0.3 is 18.9 Å². The van der Waals surface area contributed by atoms with Gasteiger partial charge in [-0.3, -0.25) is 19.2 Å². The van der Waals surface area contributed by atoms with Crippen molar-refractivity contribution in [2.45, 2.75) is 52.1 Å². The summed E-state index contributed by atoms with van der Waals surface area (Å²) in [4.78, 5) is 44.8. The lowest BCUT2D eigenvalue weighted by molar-refractivity contribution is -0.193. The first-order valence-electron chi connectivity index (χ1n) is 6.58. The van der Waals surface area contributed by atoms with Crippen LogP contribution in [0.3, 0.4) is 0 Å². The summed E-state index contributed by atoms with van der Waals surface area (Å²) in [5.41, 5.74) is 0. The van der Waals surface area contributed by atoms with E-state index in [2.05, 4.69) is 0 Å². The third-order valence-corrected chi connectivity index (χ3v) is 2.67. The van der Waals surface area contributed by atoms with Crippen molar-refractivity contribution >= 4 is 23.9 Å². The van der Waals surface area contributed by atoms with Crippen molar-refractivity contribution in [1.82, 2.24) is 0 Å². The van der Waals surface area contributed by atoms with Gasteiger partial charge in [-0.15, -0.1) is 0 Å². The molecule has 22 heavy (non-hydrogen) atoms. The first-order chi connectivity index (χ1) is 10.2. The molecule has 4 atom stereocenters. The molecular formula is C14H18O8. The minimum atomic E-state index is -1.11. The van der Waals surface area contributed by atoms with Crippen LogP contribution in [0.25, 0.3) is 0 Å². The Labute approximate surface area is 127 Å². The van der Waals surface area contributed by atoms with E-state index in [4.69, 9.17) is 18.9 Å². The average molecular weight is 314 g/mol. The molecule has 1 aliphatic rings. The SMILES string of the molecule is CC(=O)O[C@H]1[C@H](OC(C)=O)[C@H](OC(C)=O)C=C[C@H]1OC(C)=O. The predicted octanol–water partition coefficient (Wildman–Crippen LogP) is 0.283. The Morgan fingerprint density at radius 2 is 0.864 bits per heavy atom. The van der Waals surface area contributed by atoms with Crippen LogP contribution in [0, 0.1) is 0 Å². The number of carbonyl (C=O) groups excluding carboxylic acids is 4. The van der Waals surface area contributed by atoms with Gasteiger partial charge in [-0.25, -0.2) is 0 Å². The molecule has 0 aromatic heterocycles. The Morgan fingerprint density at radius 3 is 1.09 bits per heavy atom. The molecular weight excluding hydrogens is 296 g/mol. The number of hydrogen-bond acceptors (Lipinski definition) is 8. The first kappa shape index (κ1) is 17.7. The van der Waals surface area contributed by atoms with E-state index in [1.807, 2.05) is 0 Å². The van der Waals surface area contributed by atoms with Gasteiger partial charge in [0, 0.05) is 27.7 Å². The number of ether oxygens (including phenoxy) is 4. The van der Waals surface area contributed by atoms with E-state index in [-0.39, 0.29) is 0 Å². The summed E-state index contributed by atoms with van der Waals surface area (Å²) in [7, 11) is 0. The standard InChI is InChI=1S/C14H18O8/c1-7(15)19-11-5-6-12(20-8(2)16)14(22-10(4)18)13(11)21-9(3)17/h5-6,11-14H,1-4H3/t11-,12-,13-,14-/m1/s1. The maximum absolute atomic E-state index is 11.3. The van der Waals surface area contributed by atoms with Gasteiger partial charge in [-0.05, 0) is 12.2 Å². The molecule has 0 bridgehead atoms. The van der Waals surface area contributed by atoms with Crippen LogP contribution in [-0.2, 0) is 38.1 Å². The normalized spacial score (nSPS) is 26.7. The van der Waals surface area contributed by atoms with E-state index < -0.39 is 48.3 Å². The molecule has 0 unspecified atom stereocenters. The van der Waals surface area contributed by atoms with Crippen molar-refractivity contribution in [3.05, 3.63) is 12.2 Å². The molecule has 0 aliphatic heterocycles. The molecule has 0 spiro atoms. The first-order valence-corrected chi connectivity index (χ1v) is 6.58. The lowest BCUT2D eigenvalue weighted by Crippen LogP contribution is -2.53. The quantitative estimate of drug-likeness (QED) is 0.414. The zero-order valence-electron chi connectivity index (χ0n) is 12.7. The molecule has 0 fully saturated rings. The van der Waals surface area contributed by atoms with Crippen LogP contribution < -0.4 is 0 Å². The predicted molar refractivity (Wildman–Crippen MR) is 71.4 cm³/mol. The summed E-state index contributed by atoms with van der Waals surface area (Å²) in [6.45, 7) is 4.71.